The number of pyridine rings is 1. The Morgan fingerprint density at radius 1 is 1.40 bits per heavy atom. The third-order valence-electron chi connectivity index (χ3n) is 1.99. The van der Waals surface area contributed by atoms with Crippen LogP contribution in [-0.2, 0) is 12.7 Å². The van der Waals surface area contributed by atoms with E-state index in [-0.39, 0.29) is 17.6 Å². The second-order valence-corrected chi connectivity index (χ2v) is 3.02. The molecule has 15 heavy (non-hydrogen) atoms. The molecule has 2 heterocycles. The minimum atomic E-state index is -4.45. The molecule has 0 unspecified atom stereocenters. The van der Waals surface area contributed by atoms with Gasteiger partial charge in [-0.05, 0) is 11.6 Å². The Labute approximate surface area is 82.3 Å². The van der Waals surface area contributed by atoms with Gasteiger partial charge in [0.25, 0.3) is 0 Å². The van der Waals surface area contributed by atoms with Crippen molar-refractivity contribution in [3.8, 4) is 0 Å². The number of H-pyrrole nitrogens is 1. The lowest BCUT2D eigenvalue weighted by molar-refractivity contribution is -0.139. The molecule has 0 amide bonds. The SMILES string of the molecule is NCc1cnc2n[nH]c(C(F)(F)F)c2c1. The molecule has 0 aliphatic carbocycles. The lowest BCUT2D eigenvalue weighted by atomic mass is 10.2. The van der Waals surface area contributed by atoms with E-state index in [9.17, 15) is 13.2 Å². The molecule has 0 fully saturated rings. The molecule has 7 heteroatoms. The fourth-order valence-corrected chi connectivity index (χ4v) is 1.27. The third-order valence-corrected chi connectivity index (χ3v) is 1.99. The Balaban J connectivity index is 2.67. The van der Waals surface area contributed by atoms with Gasteiger partial charge < -0.3 is 5.73 Å². The zero-order chi connectivity index (χ0) is 11.1. The van der Waals surface area contributed by atoms with Crippen LogP contribution < -0.4 is 5.73 Å². The summed E-state index contributed by atoms with van der Waals surface area (Å²) >= 11 is 0. The van der Waals surface area contributed by atoms with Gasteiger partial charge in [-0.2, -0.15) is 18.3 Å². The van der Waals surface area contributed by atoms with Crippen LogP contribution in [0.3, 0.4) is 0 Å². The zero-order valence-electron chi connectivity index (χ0n) is 7.47. The molecule has 0 saturated heterocycles. The number of nitrogens with one attached hydrogen (secondary N) is 1. The van der Waals surface area contributed by atoms with Crippen molar-refractivity contribution in [3.05, 3.63) is 23.5 Å². The second-order valence-electron chi connectivity index (χ2n) is 3.02. The number of nitrogens with two attached hydrogens (primary N) is 1. The minimum absolute atomic E-state index is 0.0412. The summed E-state index contributed by atoms with van der Waals surface area (Å²) in [7, 11) is 0. The van der Waals surface area contributed by atoms with Crippen LogP contribution in [0.4, 0.5) is 13.2 Å². The number of aromatic nitrogens is 3. The van der Waals surface area contributed by atoms with Crippen molar-refractivity contribution in [1.29, 1.82) is 0 Å². The first-order valence-corrected chi connectivity index (χ1v) is 4.12. The smallest absolute Gasteiger partial charge is 0.326 e. The molecular formula is C8H7F3N4. The van der Waals surface area contributed by atoms with Crippen LogP contribution in [0.1, 0.15) is 11.3 Å². The van der Waals surface area contributed by atoms with Crippen LogP contribution in [-0.4, -0.2) is 15.2 Å². The van der Waals surface area contributed by atoms with Crippen molar-refractivity contribution in [3.63, 3.8) is 0 Å². The van der Waals surface area contributed by atoms with Crippen LogP contribution in [0.5, 0.6) is 0 Å². The number of alkyl halides is 3. The van der Waals surface area contributed by atoms with Crippen molar-refractivity contribution >= 4 is 11.0 Å². The molecule has 0 atom stereocenters. The summed E-state index contributed by atoms with van der Waals surface area (Å²) in [5.74, 6) is 0. The van der Waals surface area contributed by atoms with E-state index in [0.29, 0.717) is 5.56 Å². The predicted octanol–water partition coefficient (Wildman–Crippen LogP) is 1.44. The molecule has 0 saturated carbocycles. The van der Waals surface area contributed by atoms with Gasteiger partial charge in [0.2, 0.25) is 0 Å². The fraction of sp³-hybridized carbons (Fsp3) is 0.250. The standard InChI is InChI=1S/C8H7F3N4/c9-8(10,11)6-5-1-4(2-12)3-13-7(5)15-14-6/h1,3H,2,12H2,(H,13,14,15). The average molecular weight is 216 g/mol. The summed E-state index contributed by atoms with van der Waals surface area (Å²) < 4.78 is 37.4. The lowest BCUT2D eigenvalue weighted by Crippen LogP contribution is -2.06. The quantitative estimate of drug-likeness (QED) is 0.757. The third kappa shape index (κ3) is 1.65. The molecule has 0 aliphatic rings. The van der Waals surface area contributed by atoms with Crippen LogP contribution in [0.2, 0.25) is 0 Å². The van der Waals surface area contributed by atoms with Gasteiger partial charge in [0.05, 0.1) is 5.39 Å². The van der Waals surface area contributed by atoms with E-state index < -0.39 is 11.9 Å². The summed E-state index contributed by atoms with van der Waals surface area (Å²) in [6.07, 6.45) is -3.05. The van der Waals surface area contributed by atoms with Gasteiger partial charge in [-0.25, -0.2) is 4.98 Å². The molecule has 2 aromatic rings. The highest BCUT2D eigenvalue weighted by atomic mass is 19.4. The Morgan fingerprint density at radius 3 is 2.73 bits per heavy atom. The lowest BCUT2D eigenvalue weighted by Gasteiger charge is -2.03. The Kier molecular flexibility index (Phi) is 2.11. The molecular weight excluding hydrogens is 209 g/mol. The molecule has 0 radical (unpaired) electrons. The van der Waals surface area contributed by atoms with E-state index in [1.54, 1.807) is 0 Å². The number of fused-ring (bicyclic) bond motifs is 1. The summed E-state index contributed by atoms with van der Waals surface area (Å²) in [6, 6.07) is 1.34. The first-order valence-electron chi connectivity index (χ1n) is 4.12. The monoisotopic (exact) mass is 216 g/mol. The van der Waals surface area contributed by atoms with Crippen molar-refractivity contribution in [1.82, 2.24) is 15.2 Å². The van der Waals surface area contributed by atoms with Gasteiger partial charge in [-0.3, -0.25) is 5.10 Å². The van der Waals surface area contributed by atoms with E-state index in [4.69, 9.17) is 5.73 Å². The fourth-order valence-electron chi connectivity index (χ4n) is 1.27. The van der Waals surface area contributed by atoms with Gasteiger partial charge in [-0.15, -0.1) is 0 Å². The molecule has 3 N–H and O–H groups in total. The molecule has 2 aromatic heterocycles. The summed E-state index contributed by atoms with van der Waals surface area (Å²) in [4.78, 5) is 3.76. The highest BCUT2D eigenvalue weighted by Crippen LogP contribution is 2.32. The topological polar surface area (TPSA) is 67.6 Å². The Bertz CT molecular complexity index is 488. The first kappa shape index (κ1) is 9.91. The molecule has 4 nitrogen and oxygen atoms in total. The van der Waals surface area contributed by atoms with Crippen LogP contribution >= 0.6 is 0 Å². The maximum Gasteiger partial charge on any atom is 0.433 e. The van der Waals surface area contributed by atoms with Gasteiger partial charge in [0.15, 0.2) is 5.65 Å². The summed E-state index contributed by atoms with van der Waals surface area (Å²) in [5, 5.41) is 5.34. The van der Waals surface area contributed by atoms with Crippen molar-refractivity contribution in [2.24, 2.45) is 5.73 Å². The van der Waals surface area contributed by atoms with Gasteiger partial charge in [-0.1, -0.05) is 0 Å². The first-order chi connectivity index (χ1) is 7.02. The van der Waals surface area contributed by atoms with Crippen LogP contribution in [0.25, 0.3) is 11.0 Å². The predicted molar refractivity (Wildman–Crippen MR) is 46.8 cm³/mol. The molecule has 0 spiro atoms. The zero-order valence-corrected chi connectivity index (χ0v) is 7.47. The van der Waals surface area contributed by atoms with Gasteiger partial charge in [0, 0.05) is 12.7 Å². The van der Waals surface area contributed by atoms with Crippen molar-refractivity contribution in [2.75, 3.05) is 0 Å². The average Bonchev–Trinajstić information content (AvgIpc) is 2.59. The van der Waals surface area contributed by atoms with E-state index >= 15 is 0 Å². The number of aromatic amines is 1. The van der Waals surface area contributed by atoms with E-state index in [1.807, 2.05) is 5.10 Å². The highest BCUT2D eigenvalue weighted by Gasteiger charge is 2.35. The Morgan fingerprint density at radius 2 is 2.13 bits per heavy atom. The number of nitrogens with zero attached hydrogens (tertiary/aromatic N) is 2. The van der Waals surface area contributed by atoms with Crippen LogP contribution in [0, 0.1) is 0 Å². The molecule has 0 bridgehead atoms. The number of rotatable bonds is 1. The van der Waals surface area contributed by atoms with E-state index in [2.05, 4.69) is 10.1 Å². The molecule has 80 valence electrons. The van der Waals surface area contributed by atoms with Crippen LogP contribution in [0.15, 0.2) is 12.3 Å². The van der Waals surface area contributed by atoms with Gasteiger partial charge >= 0.3 is 6.18 Å². The maximum absolute atomic E-state index is 12.5. The van der Waals surface area contributed by atoms with E-state index in [1.165, 1.54) is 12.3 Å². The van der Waals surface area contributed by atoms with Gasteiger partial charge in [0.1, 0.15) is 5.69 Å². The maximum atomic E-state index is 12.5. The minimum Gasteiger partial charge on any atom is -0.326 e. The van der Waals surface area contributed by atoms with Crippen molar-refractivity contribution < 1.29 is 13.2 Å². The second kappa shape index (κ2) is 3.20. The number of hydrogen-bond acceptors (Lipinski definition) is 3. The highest BCUT2D eigenvalue weighted by molar-refractivity contribution is 5.78. The molecule has 2 rings (SSSR count). The number of halogens is 3. The normalized spacial score (nSPS) is 12.3. The molecule has 0 aromatic carbocycles. The summed E-state index contributed by atoms with van der Waals surface area (Å²) in [5.41, 5.74) is 5.01. The summed E-state index contributed by atoms with van der Waals surface area (Å²) in [6.45, 7) is 0.144. The van der Waals surface area contributed by atoms with E-state index in [0.717, 1.165) is 0 Å². The van der Waals surface area contributed by atoms with Crippen molar-refractivity contribution in [2.45, 2.75) is 12.7 Å². The molecule has 0 aliphatic heterocycles. The largest absolute Gasteiger partial charge is 0.433 e. The number of hydrogen-bond donors (Lipinski definition) is 2. The Hall–Kier alpha value is -1.63.